The Morgan fingerprint density at radius 2 is 1.56 bits per heavy atom. The number of aromatic nitrogens is 1. The van der Waals surface area contributed by atoms with E-state index < -0.39 is 0 Å². The van der Waals surface area contributed by atoms with Crippen LogP contribution in [0.15, 0.2) is 24.4 Å². The van der Waals surface area contributed by atoms with Crippen LogP contribution in [-0.4, -0.2) is 4.57 Å². The summed E-state index contributed by atoms with van der Waals surface area (Å²) in [5.41, 5.74) is 2.83. The van der Waals surface area contributed by atoms with Gasteiger partial charge in [0.05, 0.1) is 0 Å². The fourth-order valence-electron chi connectivity index (χ4n) is 1.76. The normalized spacial score (nSPS) is 14.6. The molecule has 1 heterocycles. The predicted octanol–water partition coefficient (Wildman–Crippen LogP) is 5.63. The summed E-state index contributed by atoms with van der Waals surface area (Å²) in [6.07, 6.45) is 11.1. The van der Waals surface area contributed by atoms with E-state index in [-0.39, 0.29) is 5.41 Å². The van der Waals surface area contributed by atoms with Gasteiger partial charge in [-0.1, -0.05) is 59.8 Å². The molecule has 102 valence electrons. The topological polar surface area (TPSA) is 4.93 Å². The molecule has 0 aromatic carbocycles. The maximum atomic E-state index is 2.28. The summed E-state index contributed by atoms with van der Waals surface area (Å²) in [6, 6.07) is 2.18. The van der Waals surface area contributed by atoms with E-state index in [0.29, 0.717) is 0 Å². The second-order valence-electron chi connectivity index (χ2n) is 4.43. The van der Waals surface area contributed by atoms with E-state index in [0.717, 1.165) is 6.54 Å². The molecule has 1 aliphatic carbocycles. The molecule has 0 radical (unpaired) electrons. The van der Waals surface area contributed by atoms with Crippen molar-refractivity contribution in [1.29, 1.82) is 0 Å². The lowest BCUT2D eigenvalue weighted by Gasteiger charge is -2.12. The van der Waals surface area contributed by atoms with Gasteiger partial charge in [-0.15, -0.1) is 0 Å². The first-order valence-electron chi connectivity index (χ1n) is 7.20. The van der Waals surface area contributed by atoms with Crippen LogP contribution in [-0.2, 0) is 6.54 Å². The Bertz CT molecular complexity index is 392. The molecule has 0 N–H and O–H groups in total. The first-order chi connectivity index (χ1) is 8.62. The van der Waals surface area contributed by atoms with Gasteiger partial charge in [0, 0.05) is 23.9 Å². The monoisotopic (exact) mass is 247 g/mol. The van der Waals surface area contributed by atoms with E-state index in [1.54, 1.807) is 0 Å². The largest absolute Gasteiger partial charge is 0.348 e. The van der Waals surface area contributed by atoms with E-state index in [9.17, 15) is 0 Å². The van der Waals surface area contributed by atoms with Gasteiger partial charge in [0.15, 0.2) is 0 Å². The van der Waals surface area contributed by atoms with Gasteiger partial charge in [-0.05, 0) is 24.6 Å². The number of hydrogen-bond acceptors (Lipinski definition) is 0. The third-order valence-electron chi connectivity index (χ3n) is 2.74. The zero-order valence-electron chi connectivity index (χ0n) is 13.1. The van der Waals surface area contributed by atoms with Crippen LogP contribution in [0.25, 0.3) is 12.2 Å². The Hall–Kier alpha value is -1.24. The van der Waals surface area contributed by atoms with Crippen LogP contribution in [0.1, 0.15) is 59.7 Å². The molecule has 0 fully saturated rings. The second kappa shape index (κ2) is 7.97. The summed E-state index contributed by atoms with van der Waals surface area (Å²) in [7, 11) is 0. The van der Waals surface area contributed by atoms with Gasteiger partial charge in [0.1, 0.15) is 0 Å². The van der Waals surface area contributed by atoms with Gasteiger partial charge in [-0.2, -0.15) is 0 Å². The maximum absolute atomic E-state index is 2.28. The molecule has 1 nitrogen and oxygen atoms in total. The highest BCUT2D eigenvalue weighted by Gasteiger charge is 2.13. The van der Waals surface area contributed by atoms with Gasteiger partial charge in [0.25, 0.3) is 0 Å². The summed E-state index contributed by atoms with van der Waals surface area (Å²) in [5.74, 6) is 0. The molecule has 0 amide bonds. The molecule has 0 saturated carbocycles. The van der Waals surface area contributed by atoms with Gasteiger partial charge < -0.3 is 4.57 Å². The summed E-state index contributed by atoms with van der Waals surface area (Å²) in [6.45, 7) is 15.7. The van der Waals surface area contributed by atoms with Gasteiger partial charge in [-0.25, -0.2) is 0 Å². The molecule has 0 saturated heterocycles. The molecule has 1 aliphatic rings. The van der Waals surface area contributed by atoms with Crippen molar-refractivity contribution in [2.45, 2.75) is 55.0 Å². The van der Waals surface area contributed by atoms with Crippen molar-refractivity contribution < 1.29 is 0 Å². The Morgan fingerprint density at radius 3 is 2.11 bits per heavy atom. The number of hydrogen-bond donors (Lipinski definition) is 0. The van der Waals surface area contributed by atoms with Crippen LogP contribution in [0.5, 0.6) is 0 Å². The molecule has 1 aromatic rings. The number of allylic oxidation sites excluding steroid dienone is 2. The first-order valence-corrected chi connectivity index (χ1v) is 7.20. The molecule has 2 rings (SSSR count). The molecule has 0 spiro atoms. The quantitative estimate of drug-likeness (QED) is 0.606. The van der Waals surface area contributed by atoms with E-state index in [1.807, 2.05) is 27.7 Å². The fraction of sp³-hybridized carbons (Fsp3) is 0.529. The van der Waals surface area contributed by atoms with Crippen molar-refractivity contribution in [2.24, 2.45) is 5.41 Å². The smallest absolute Gasteiger partial charge is 0.0477 e. The van der Waals surface area contributed by atoms with Gasteiger partial charge >= 0.3 is 0 Å². The van der Waals surface area contributed by atoms with Crippen molar-refractivity contribution in [3.05, 3.63) is 35.7 Å². The highest BCUT2D eigenvalue weighted by molar-refractivity contribution is 5.66. The van der Waals surface area contributed by atoms with Crippen LogP contribution in [0.4, 0.5) is 0 Å². The highest BCUT2D eigenvalue weighted by Crippen LogP contribution is 2.28. The van der Waals surface area contributed by atoms with Crippen LogP contribution >= 0.6 is 0 Å². The predicted molar refractivity (Wildman–Crippen MR) is 84.7 cm³/mol. The standard InChI is InChI=1S/C13H17N.2C2H6/c1-4-14-10-7-11-5-8-13(2,3)9-6-12(11)14;2*1-2/h5-10H,4H2,1-3H3;2*1-2H3. The number of rotatable bonds is 1. The molecule has 0 atom stereocenters. The van der Waals surface area contributed by atoms with Crippen molar-refractivity contribution in [1.82, 2.24) is 4.57 Å². The summed E-state index contributed by atoms with van der Waals surface area (Å²) >= 11 is 0. The van der Waals surface area contributed by atoms with Crippen molar-refractivity contribution >= 4 is 12.2 Å². The fourth-order valence-corrected chi connectivity index (χ4v) is 1.76. The zero-order chi connectivity index (χ0) is 14.2. The minimum atomic E-state index is 0.178. The lowest BCUT2D eigenvalue weighted by molar-refractivity contribution is 0.633. The Morgan fingerprint density at radius 1 is 1.00 bits per heavy atom. The maximum Gasteiger partial charge on any atom is 0.0477 e. The Labute approximate surface area is 113 Å². The van der Waals surface area contributed by atoms with Crippen molar-refractivity contribution in [3.63, 3.8) is 0 Å². The zero-order valence-corrected chi connectivity index (χ0v) is 13.1. The van der Waals surface area contributed by atoms with Gasteiger partial charge in [-0.3, -0.25) is 0 Å². The Balaban J connectivity index is 0.000000659. The van der Waals surface area contributed by atoms with Gasteiger partial charge in [0.2, 0.25) is 0 Å². The SMILES string of the molecule is CC.CC.CCn1ccc2c1C=CC(C)(C)C=C2. The molecule has 0 unspecified atom stereocenters. The molecule has 18 heavy (non-hydrogen) atoms. The van der Waals surface area contributed by atoms with Crippen molar-refractivity contribution in [2.75, 3.05) is 0 Å². The molecule has 0 bridgehead atoms. The minimum absolute atomic E-state index is 0.178. The van der Waals surface area contributed by atoms with E-state index in [4.69, 9.17) is 0 Å². The van der Waals surface area contributed by atoms with Crippen molar-refractivity contribution in [3.8, 4) is 0 Å². The van der Waals surface area contributed by atoms with E-state index in [2.05, 4.69) is 61.9 Å². The Kier molecular flexibility index (Phi) is 7.42. The molecular weight excluding hydrogens is 218 g/mol. The van der Waals surface area contributed by atoms with Crippen LogP contribution in [0.2, 0.25) is 0 Å². The van der Waals surface area contributed by atoms with Crippen LogP contribution in [0.3, 0.4) is 0 Å². The molecule has 0 aliphatic heterocycles. The summed E-state index contributed by atoms with van der Waals surface area (Å²) in [4.78, 5) is 0. The highest BCUT2D eigenvalue weighted by atomic mass is 15.0. The van der Waals surface area contributed by atoms with E-state index in [1.165, 1.54) is 11.3 Å². The van der Waals surface area contributed by atoms with Crippen LogP contribution < -0.4 is 0 Å². The molecule has 1 aromatic heterocycles. The first kappa shape index (κ1) is 16.8. The average molecular weight is 247 g/mol. The second-order valence-corrected chi connectivity index (χ2v) is 4.43. The molecular formula is C17H29N. The number of aryl methyl sites for hydroxylation is 1. The van der Waals surface area contributed by atoms with Crippen LogP contribution in [0, 0.1) is 5.41 Å². The average Bonchev–Trinajstić information content (AvgIpc) is 2.74. The third-order valence-corrected chi connectivity index (χ3v) is 2.74. The number of nitrogens with zero attached hydrogens (tertiary/aromatic N) is 1. The minimum Gasteiger partial charge on any atom is -0.348 e. The number of fused-ring (bicyclic) bond motifs is 1. The molecule has 1 heteroatoms. The lowest BCUT2D eigenvalue weighted by atomic mass is 9.93. The van der Waals surface area contributed by atoms with E-state index >= 15 is 0 Å². The summed E-state index contributed by atoms with van der Waals surface area (Å²) < 4.78 is 2.28. The lowest BCUT2D eigenvalue weighted by Crippen LogP contribution is -2.00. The third kappa shape index (κ3) is 4.21. The summed E-state index contributed by atoms with van der Waals surface area (Å²) in [5, 5.41) is 0.